The monoisotopic (exact) mass is 222 g/mol. The number of benzene rings is 1. The minimum Gasteiger partial charge on any atom is -0.369 e. The van der Waals surface area contributed by atoms with E-state index in [1.54, 1.807) is 0 Å². The quantitative estimate of drug-likeness (QED) is 0.825. The van der Waals surface area contributed by atoms with Gasteiger partial charge in [-0.25, -0.2) is 4.39 Å². The van der Waals surface area contributed by atoms with Gasteiger partial charge in [0.1, 0.15) is 5.82 Å². The number of halogens is 1. The van der Waals surface area contributed by atoms with E-state index < -0.39 is 0 Å². The molecule has 1 aromatic carbocycles. The molecule has 1 fully saturated rings. The fourth-order valence-corrected chi connectivity index (χ4v) is 2.11. The van der Waals surface area contributed by atoms with Crippen molar-refractivity contribution in [2.75, 3.05) is 24.5 Å². The fraction of sp³-hybridized carbons (Fsp3) is 0.538. The van der Waals surface area contributed by atoms with Gasteiger partial charge in [-0.15, -0.1) is 0 Å². The van der Waals surface area contributed by atoms with E-state index in [0.717, 1.165) is 25.3 Å². The van der Waals surface area contributed by atoms with Crippen molar-refractivity contribution in [2.24, 2.45) is 5.92 Å². The normalized spacial score (nSPS) is 21.5. The first-order valence-electron chi connectivity index (χ1n) is 5.90. The molecule has 0 aromatic heterocycles. The standard InChI is InChI=1S/C13H19FN2/c1-10(2)13-9-16(8-7-15-13)12-5-3-11(14)4-6-12/h3-6,10,13,15H,7-9H2,1-2H3. The Morgan fingerprint density at radius 2 is 2.00 bits per heavy atom. The first kappa shape index (κ1) is 11.4. The number of rotatable bonds is 2. The van der Waals surface area contributed by atoms with E-state index in [1.165, 1.54) is 12.1 Å². The molecule has 88 valence electrons. The molecular formula is C13H19FN2. The summed E-state index contributed by atoms with van der Waals surface area (Å²) in [5.74, 6) is 0.461. The number of nitrogens with one attached hydrogen (secondary N) is 1. The number of hydrogen-bond acceptors (Lipinski definition) is 2. The summed E-state index contributed by atoms with van der Waals surface area (Å²) in [7, 11) is 0. The first-order chi connectivity index (χ1) is 7.66. The van der Waals surface area contributed by atoms with E-state index in [1.807, 2.05) is 12.1 Å². The number of piperazine rings is 1. The molecule has 2 rings (SSSR count). The Balaban J connectivity index is 2.06. The van der Waals surface area contributed by atoms with Crippen molar-refractivity contribution >= 4 is 5.69 Å². The highest BCUT2D eigenvalue weighted by atomic mass is 19.1. The molecule has 0 spiro atoms. The maximum Gasteiger partial charge on any atom is 0.123 e. The Hall–Kier alpha value is -1.09. The number of anilines is 1. The van der Waals surface area contributed by atoms with Crippen molar-refractivity contribution in [1.82, 2.24) is 5.32 Å². The van der Waals surface area contributed by atoms with Crippen molar-refractivity contribution in [2.45, 2.75) is 19.9 Å². The second-order valence-electron chi connectivity index (χ2n) is 4.73. The first-order valence-corrected chi connectivity index (χ1v) is 5.90. The van der Waals surface area contributed by atoms with Crippen LogP contribution in [0.15, 0.2) is 24.3 Å². The van der Waals surface area contributed by atoms with Gasteiger partial charge in [-0.05, 0) is 30.2 Å². The van der Waals surface area contributed by atoms with Gasteiger partial charge in [0.25, 0.3) is 0 Å². The second kappa shape index (κ2) is 4.83. The summed E-state index contributed by atoms with van der Waals surface area (Å²) in [6.07, 6.45) is 0. The Morgan fingerprint density at radius 3 is 2.62 bits per heavy atom. The molecule has 16 heavy (non-hydrogen) atoms. The molecule has 1 saturated heterocycles. The molecule has 1 aliphatic heterocycles. The van der Waals surface area contributed by atoms with Gasteiger partial charge in [-0.2, -0.15) is 0 Å². The van der Waals surface area contributed by atoms with Crippen molar-refractivity contribution < 1.29 is 4.39 Å². The average molecular weight is 222 g/mol. The predicted octanol–water partition coefficient (Wildman–Crippen LogP) is 2.26. The summed E-state index contributed by atoms with van der Waals surface area (Å²) in [5.41, 5.74) is 1.12. The third-order valence-electron chi connectivity index (χ3n) is 3.20. The molecule has 1 unspecified atom stereocenters. The van der Waals surface area contributed by atoms with E-state index in [2.05, 4.69) is 24.1 Å². The van der Waals surface area contributed by atoms with Crippen LogP contribution < -0.4 is 10.2 Å². The highest BCUT2D eigenvalue weighted by Gasteiger charge is 2.21. The predicted molar refractivity (Wildman–Crippen MR) is 65.2 cm³/mol. The third-order valence-corrected chi connectivity index (χ3v) is 3.20. The van der Waals surface area contributed by atoms with Crippen LogP contribution in [0.2, 0.25) is 0 Å². The molecule has 0 saturated carbocycles. The maximum atomic E-state index is 12.8. The Kier molecular flexibility index (Phi) is 3.44. The molecule has 1 N–H and O–H groups in total. The van der Waals surface area contributed by atoms with Gasteiger partial charge in [0, 0.05) is 31.4 Å². The highest BCUT2D eigenvalue weighted by Crippen LogP contribution is 2.18. The molecule has 3 heteroatoms. The van der Waals surface area contributed by atoms with Crippen LogP contribution >= 0.6 is 0 Å². The molecule has 2 nitrogen and oxygen atoms in total. The molecule has 1 atom stereocenters. The third kappa shape index (κ3) is 2.53. The van der Waals surface area contributed by atoms with Crippen molar-refractivity contribution in [3.05, 3.63) is 30.1 Å². The minimum absolute atomic E-state index is 0.167. The Labute approximate surface area is 96.5 Å². The van der Waals surface area contributed by atoms with Gasteiger partial charge in [-0.1, -0.05) is 13.8 Å². The largest absolute Gasteiger partial charge is 0.369 e. The summed E-state index contributed by atoms with van der Waals surface area (Å²) in [4.78, 5) is 2.32. The summed E-state index contributed by atoms with van der Waals surface area (Å²) in [5, 5.41) is 3.51. The van der Waals surface area contributed by atoms with Crippen LogP contribution in [-0.2, 0) is 0 Å². The Bertz CT molecular complexity index is 334. The molecule has 0 radical (unpaired) electrons. The van der Waals surface area contributed by atoms with Crippen molar-refractivity contribution in [1.29, 1.82) is 0 Å². The lowest BCUT2D eigenvalue weighted by Crippen LogP contribution is -2.52. The van der Waals surface area contributed by atoms with Crippen LogP contribution in [0.4, 0.5) is 10.1 Å². The zero-order chi connectivity index (χ0) is 11.5. The summed E-state index contributed by atoms with van der Waals surface area (Å²) >= 11 is 0. The van der Waals surface area contributed by atoms with Gasteiger partial charge in [-0.3, -0.25) is 0 Å². The smallest absolute Gasteiger partial charge is 0.123 e. The van der Waals surface area contributed by atoms with Crippen molar-refractivity contribution in [3.63, 3.8) is 0 Å². The summed E-state index contributed by atoms with van der Waals surface area (Å²) in [6, 6.07) is 7.30. The SMILES string of the molecule is CC(C)C1CN(c2ccc(F)cc2)CCN1. The molecule has 0 aliphatic carbocycles. The van der Waals surface area contributed by atoms with E-state index in [-0.39, 0.29) is 5.82 Å². The van der Waals surface area contributed by atoms with E-state index >= 15 is 0 Å². The van der Waals surface area contributed by atoms with Crippen LogP contribution in [0.25, 0.3) is 0 Å². The summed E-state index contributed by atoms with van der Waals surface area (Å²) < 4.78 is 12.8. The maximum absolute atomic E-state index is 12.8. The van der Waals surface area contributed by atoms with Gasteiger partial charge in [0.2, 0.25) is 0 Å². The molecule has 1 aliphatic rings. The van der Waals surface area contributed by atoms with Crippen LogP contribution in [-0.4, -0.2) is 25.7 Å². The molecule has 1 heterocycles. The average Bonchev–Trinajstić information content (AvgIpc) is 2.30. The van der Waals surface area contributed by atoms with E-state index in [9.17, 15) is 4.39 Å². The molecule has 0 amide bonds. The van der Waals surface area contributed by atoms with Gasteiger partial charge >= 0.3 is 0 Å². The fourth-order valence-electron chi connectivity index (χ4n) is 2.11. The molecule has 0 bridgehead atoms. The van der Waals surface area contributed by atoms with Crippen LogP contribution in [0, 0.1) is 11.7 Å². The highest BCUT2D eigenvalue weighted by molar-refractivity contribution is 5.46. The van der Waals surface area contributed by atoms with Crippen LogP contribution in [0.5, 0.6) is 0 Å². The molecule has 1 aromatic rings. The second-order valence-corrected chi connectivity index (χ2v) is 4.73. The summed E-state index contributed by atoms with van der Waals surface area (Å²) in [6.45, 7) is 7.45. The van der Waals surface area contributed by atoms with Crippen LogP contribution in [0.3, 0.4) is 0 Å². The van der Waals surface area contributed by atoms with Gasteiger partial charge < -0.3 is 10.2 Å². The Morgan fingerprint density at radius 1 is 1.31 bits per heavy atom. The minimum atomic E-state index is -0.167. The van der Waals surface area contributed by atoms with Crippen LogP contribution in [0.1, 0.15) is 13.8 Å². The lowest BCUT2D eigenvalue weighted by molar-refractivity contribution is 0.368. The zero-order valence-electron chi connectivity index (χ0n) is 9.91. The zero-order valence-corrected chi connectivity index (χ0v) is 9.91. The van der Waals surface area contributed by atoms with Gasteiger partial charge in [0.05, 0.1) is 0 Å². The van der Waals surface area contributed by atoms with Gasteiger partial charge in [0.15, 0.2) is 0 Å². The lowest BCUT2D eigenvalue weighted by atomic mass is 10.0. The number of hydrogen-bond donors (Lipinski definition) is 1. The topological polar surface area (TPSA) is 15.3 Å². The molecular weight excluding hydrogens is 203 g/mol. The number of nitrogens with zero attached hydrogens (tertiary/aromatic N) is 1. The lowest BCUT2D eigenvalue weighted by Gasteiger charge is -2.37. The van der Waals surface area contributed by atoms with E-state index in [4.69, 9.17) is 0 Å². The van der Waals surface area contributed by atoms with Crippen molar-refractivity contribution in [3.8, 4) is 0 Å². The van der Waals surface area contributed by atoms with E-state index in [0.29, 0.717) is 12.0 Å².